The second-order valence-corrected chi connectivity index (χ2v) is 9.97. The van der Waals surface area contributed by atoms with E-state index in [0.717, 1.165) is 18.4 Å². The van der Waals surface area contributed by atoms with Gasteiger partial charge in [0.05, 0.1) is 0 Å². The Balaban J connectivity index is 1.89. The molecule has 20 heavy (non-hydrogen) atoms. The number of esters is 1. The van der Waals surface area contributed by atoms with Crippen molar-refractivity contribution in [3.05, 3.63) is 29.8 Å². The minimum atomic E-state index is -0.186. The first-order chi connectivity index (χ1) is 9.40. The molecule has 0 radical (unpaired) electrons. The van der Waals surface area contributed by atoms with E-state index >= 15 is 0 Å². The van der Waals surface area contributed by atoms with Gasteiger partial charge in [0, 0.05) is 0 Å². The number of benzene rings is 1. The fourth-order valence-electron chi connectivity index (χ4n) is 3.29. The Morgan fingerprint density at radius 3 is 2.80 bits per heavy atom. The van der Waals surface area contributed by atoms with Crippen molar-refractivity contribution in [1.29, 1.82) is 0 Å². The van der Waals surface area contributed by atoms with E-state index in [9.17, 15) is 4.79 Å². The summed E-state index contributed by atoms with van der Waals surface area (Å²) in [6, 6.07) is 7.97. The summed E-state index contributed by atoms with van der Waals surface area (Å²) in [6.07, 6.45) is 4.52. The molecule has 108 valence electrons. The third-order valence-corrected chi connectivity index (χ3v) is 7.52. The van der Waals surface area contributed by atoms with Gasteiger partial charge in [0.1, 0.15) is 0 Å². The molecule has 2 atom stereocenters. The minimum absolute atomic E-state index is 0.108. The van der Waals surface area contributed by atoms with Crippen molar-refractivity contribution in [3.63, 3.8) is 0 Å². The van der Waals surface area contributed by atoms with Crippen molar-refractivity contribution in [1.82, 2.24) is 0 Å². The van der Waals surface area contributed by atoms with E-state index in [2.05, 4.69) is 26.8 Å². The third-order valence-electron chi connectivity index (χ3n) is 4.57. The van der Waals surface area contributed by atoms with Gasteiger partial charge < -0.3 is 0 Å². The predicted octanol–water partition coefficient (Wildman–Crippen LogP) is 3.12. The summed E-state index contributed by atoms with van der Waals surface area (Å²) in [5.41, 5.74) is 1.09. The zero-order chi connectivity index (χ0) is 14.4. The second kappa shape index (κ2) is 4.89. The number of carbonyl (C=O) groups excluding carboxylic acids is 1. The first-order valence-electron chi connectivity index (χ1n) is 7.41. The van der Waals surface area contributed by atoms with Gasteiger partial charge in [-0.15, -0.1) is 0 Å². The van der Waals surface area contributed by atoms with Crippen molar-refractivity contribution in [2.24, 2.45) is 11.3 Å². The number of fused-ring (bicyclic) bond motifs is 1. The molecule has 1 saturated carbocycles. The zero-order valence-corrected chi connectivity index (χ0v) is 14.2. The van der Waals surface area contributed by atoms with Crippen LogP contribution in [0.15, 0.2) is 24.3 Å². The molecular formula is C17H22O2Se. The van der Waals surface area contributed by atoms with Gasteiger partial charge in [0.15, 0.2) is 0 Å². The Labute approximate surface area is 127 Å². The Morgan fingerprint density at radius 2 is 2.05 bits per heavy atom. The predicted molar refractivity (Wildman–Crippen MR) is 81.4 cm³/mol. The fraction of sp³-hybridized carbons (Fsp3) is 0.588. The zero-order valence-electron chi connectivity index (χ0n) is 12.4. The molecule has 2 aliphatic rings. The van der Waals surface area contributed by atoms with Gasteiger partial charge >= 0.3 is 127 Å². The Bertz CT molecular complexity index is 532. The van der Waals surface area contributed by atoms with Crippen LogP contribution in [-0.2, 0) is 4.74 Å². The molecule has 1 fully saturated rings. The fourth-order valence-corrected chi connectivity index (χ4v) is 6.35. The van der Waals surface area contributed by atoms with E-state index in [1.807, 2.05) is 18.2 Å². The van der Waals surface area contributed by atoms with Crippen LogP contribution in [0.1, 0.15) is 56.8 Å². The van der Waals surface area contributed by atoms with Crippen molar-refractivity contribution < 1.29 is 9.53 Å². The van der Waals surface area contributed by atoms with E-state index in [-0.39, 0.29) is 25.4 Å². The van der Waals surface area contributed by atoms with Gasteiger partial charge in [0.25, 0.3) is 0 Å². The second-order valence-electron chi connectivity index (χ2n) is 7.06. The first-order valence-corrected chi connectivity index (χ1v) is 9.12. The summed E-state index contributed by atoms with van der Waals surface area (Å²) < 4.78 is 7.00. The summed E-state index contributed by atoms with van der Waals surface area (Å²) in [5.74, 6) is 0.541. The molecule has 2 nitrogen and oxygen atoms in total. The van der Waals surface area contributed by atoms with E-state index in [1.54, 1.807) is 0 Å². The molecule has 3 heteroatoms. The molecule has 1 aromatic rings. The Hall–Kier alpha value is -0.791. The van der Waals surface area contributed by atoms with Crippen LogP contribution in [0.4, 0.5) is 0 Å². The molecule has 0 saturated heterocycles. The molecule has 1 heterocycles. The van der Waals surface area contributed by atoms with Crippen LogP contribution in [-0.4, -0.2) is 25.4 Å². The molecule has 1 aromatic carbocycles. The average Bonchev–Trinajstić information content (AvgIpc) is 2.37. The summed E-state index contributed by atoms with van der Waals surface area (Å²) >= 11 is 0.238. The number of hydrogen-bond acceptors (Lipinski definition) is 2. The van der Waals surface area contributed by atoms with E-state index in [1.165, 1.54) is 17.3 Å². The summed E-state index contributed by atoms with van der Waals surface area (Å²) in [7, 11) is 0. The van der Waals surface area contributed by atoms with Crippen LogP contribution in [0.5, 0.6) is 0 Å². The number of ether oxygens (including phenoxy) is 1. The van der Waals surface area contributed by atoms with Gasteiger partial charge in [-0.2, -0.15) is 0 Å². The monoisotopic (exact) mass is 338 g/mol. The summed E-state index contributed by atoms with van der Waals surface area (Å²) in [4.78, 5) is 12.3. The molecule has 0 amide bonds. The van der Waals surface area contributed by atoms with Crippen LogP contribution < -0.4 is 4.46 Å². The number of rotatable bonds is 0. The third kappa shape index (κ3) is 2.54. The molecule has 1 aliphatic heterocycles. The van der Waals surface area contributed by atoms with Crippen molar-refractivity contribution >= 4 is 25.4 Å². The SMILES string of the molecule is CC(C)(C)C1CCCC2(C1)OC(=O)c1ccccc1[Se]2. The van der Waals surface area contributed by atoms with E-state index in [4.69, 9.17) is 4.74 Å². The molecule has 1 aliphatic carbocycles. The molecular weight excluding hydrogens is 315 g/mol. The van der Waals surface area contributed by atoms with Crippen molar-refractivity contribution in [2.45, 2.75) is 51.0 Å². The first kappa shape index (κ1) is 14.2. The normalized spacial score (nSPS) is 29.9. The van der Waals surface area contributed by atoms with E-state index in [0.29, 0.717) is 11.3 Å². The average molecular weight is 337 g/mol. The molecule has 1 spiro atoms. The van der Waals surface area contributed by atoms with Gasteiger partial charge in [-0.3, -0.25) is 0 Å². The van der Waals surface area contributed by atoms with Gasteiger partial charge in [-0.05, 0) is 0 Å². The van der Waals surface area contributed by atoms with Gasteiger partial charge in [-0.25, -0.2) is 0 Å². The van der Waals surface area contributed by atoms with Gasteiger partial charge in [-0.1, -0.05) is 0 Å². The maximum atomic E-state index is 12.3. The van der Waals surface area contributed by atoms with Crippen LogP contribution >= 0.6 is 0 Å². The number of carbonyl (C=O) groups is 1. The topological polar surface area (TPSA) is 26.3 Å². The van der Waals surface area contributed by atoms with Crippen molar-refractivity contribution in [2.75, 3.05) is 0 Å². The Kier molecular flexibility index (Phi) is 3.46. The van der Waals surface area contributed by atoms with E-state index < -0.39 is 0 Å². The summed E-state index contributed by atoms with van der Waals surface area (Å²) in [5, 5.41) is 0. The molecule has 0 N–H and O–H groups in total. The molecule has 3 rings (SSSR count). The quantitative estimate of drug-likeness (QED) is 0.537. The van der Waals surface area contributed by atoms with Crippen molar-refractivity contribution in [3.8, 4) is 0 Å². The van der Waals surface area contributed by atoms with Crippen LogP contribution in [0.2, 0.25) is 0 Å². The number of hydrogen-bond donors (Lipinski definition) is 0. The van der Waals surface area contributed by atoms with Crippen LogP contribution in [0, 0.1) is 11.3 Å². The molecule has 2 unspecified atom stereocenters. The van der Waals surface area contributed by atoms with Crippen LogP contribution in [0.25, 0.3) is 0 Å². The standard InChI is InChI=1S/C17H22O2Se/c1-16(2,3)12-7-6-10-17(11-12)19-15(18)13-8-4-5-9-14(13)20-17/h4-5,8-9,12H,6-7,10-11H2,1-3H3. The summed E-state index contributed by atoms with van der Waals surface area (Å²) in [6.45, 7) is 6.92. The Morgan fingerprint density at radius 1 is 1.30 bits per heavy atom. The van der Waals surface area contributed by atoms with Gasteiger partial charge in [0.2, 0.25) is 0 Å². The van der Waals surface area contributed by atoms with Crippen LogP contribution in [0.3, 0.4) is 0 Å². The molecule has 0 aromatic heterocycles. The molecule has 0 bridgehead atoms. The maximum absolute atomic E-state index is 12.3.